The van der Waals surface area contributed by atoms with Crippen LogP contribution in [0.4, 0.5) is 0 Å². The lowest BCUT2D eigenvalue weighted by atomic mass is 9.82. The average Bonchev–Trinajstić information content (AvgIpc) is 3.13. The van der Waals surface area contributed by atoms with Crippen molar-refractivity contribution in [2.24, 2.45) is 11.8 Å². The molecule has 2 fully saturated rings. The third kappa shape index (κ3) is 13.9. The van der Waals surface area contributed by atoms with Gasteiger partial charge in [0.2, 0.25) is 0 Å². The Labute approximate surface area is 343 Å². The summed E-state index contributed by atoms with van der Waals surface area (Å²) >= 11 is 0. The highest BCUT2D eigenvalue weighted by molar-refractivity contribution is 5.72. The molecule has 16 heteroatoms. The highest BCUT2D eigenvalue weighted by atomic mass is 16.7. The third-order valence-corrected chi connectivity index (χ3v) is 11.1. The summed E-state index contributed by atoms with van der Waals surface area (Å²) in [6.45, 7) is 12.0. The zero-order valence-corrected chi connectivity index (χ0v) is 35.9. The van der Waals surface area contributed by atoms with Gasteiger partial charge in [-0.1, -0.05) is 45.1 Å². The van der Waals surface area contributed by atoms with E-state index in [1.165, 1.54) is 7.11 Å². The zero-order chi connectivity index (χ0) is 43.3. The number of ether oxygens (including phenoxy) is 8. The fourth-order valence-electron chi connectivity index (χ4n) is 8.00. The summed E-state index contributed by atoms with van der Waals surface area (Å²) in [6.07, 6.45) is -3.41. The van der Waals surface area contributed by atoms with Gasteiger partial charge in [-0.25, -0.2) is 0 Å². The molecule has 3 aliphatic heterocycles. The number of carbonyl (C=O) groups is 4. The second-order valence-corrected chi connectivity index (χ2v) is 16.3. The van der Waals surface area contributed by atoms with E-state index in [1.807, 2.05) is 19.9 Å². The van der Waals surface area contributed by atoms with Crippen LogP contribution in [0.25, 0.3) is 0 Å². The number of carbonyl (C=O) groups excluding carboxylic acids is 4. The van der Waals surface area contributed by atoms with E-state index in [1.54, 1.807) is 71.8 Å². The number of likely N-dealkylation sites (N-methyl/N-ethyl adjacent to an activating group) is 1. The van der Waals surface area contributed by atoms with E-state index in [4.69, 9.17) is 37.9 Å². The molecule has 16 atom stereocenters. The van der Waals surface area contributed by atoms with Gasteiger partial charge < -0.3 is 62.9 Å². The van der Waals surface area contributed by atoms with Crippen LogP contribution < -0.4 is 0 Å². The number of hydrogen-bond donors (Lipinski definition) is 3. The summed E-state index contributed by atoms with van der Waals surface area (Å²) in [6, 6.07) is -0.779. The summed E-state index contributed by atoms with van der Waals surface area (Å²) in [5, 5.41) is 34.6. The maximum absolute atomic E-state index is 13.3. The monoisotopic (exact) mass is 827 g/mol. The van der Waals surface area contributed by atoms with Gasteiger partial charge in [0.1, 0.15) is 42.4 Å². The van der Waals surface area contributed by atoms with E-state index in [9.17, 15) is 34.5 Å². The lowest BCUT2D eigenvalue weighted by molar-refractivity contribution is -0.344. The largest absolute Gasteiger partial charge is 0.462 e. The van der Waals surface area contributed by atoms with Crippen LogP contribution in [0.15, 0.2) is 24.3 Å². The van der Waals surface area contributed by atoms with Crippen molar-refractivity contribution in [1.29, 1.82) is 0 Å². The van der Waals surface area contributed by atoms with Crippen molar-refractivity contribution in [2.45, 2.75) is 185 Å². The van der Waals surface area contributed by atoms with Crippen LogP contribution in [0.3, 0.4) is 0 Å². The molecule has 0 amide bonds. The predicted octanol–water partition coefficient (Wildman–Crippen LogP) is 3.16. The van der Waals surface area contributed by atoms with Gasteiger partial charge in [0.25, 0.3) is 0 Å². The van der Waals surface area contributed by atoms with Gasteiger partial charge in [-0.3, -0.25) is 14.4 Å². The quantitative estimate of drug-likeness (QED) is 0.139. The number of aldehydes is 1. The van der Waals surface area contributed by atoms with Crippen LogP contribution in [0.5, 0.6) is 0 Å². The number of esters is 3. The predicted molar refractivity (Wildman–Crippen MR) is 210 cm³/mol. The Morgan fingerprint density at radius 3 is 2.29 bits per heavy atom. The normalized spacial score (nSPS) is 40.6. The number of aliphatic hydroxyl groups excluding tert-OH is 2. The Morgan fingerprint density at radius 2 is 1.69 bits per heavy atom. The first-order valence-corrected chi connectivity index (χ1v) is 20.6. The number of methoxy groups -OCH3 is 1. The minimum Gasteiger partial charge on any atom is -0.462 e. The van der Waals surface area contributed by atoms with Gasteiger partial charge in [0, 0.05) is 39.2 Å². The molecule has 2 saturated heterocycles. The Bertz CT molecular complexity index is 1370. The summed E-state index contributed by atoms with van der Waals surface area (Å²) < 4.78 is 48.7. The molecular weight excluding hydrogens is 758 g/mol. The van der Waals surface area contributed by atoms with Crippen molar-refractivity contribution >= 4 is 24.2 Å². The maximum atomic E-state index is 13.3. The highest BCUT2D eigenvalue weighted by Gasteiger charge is 2.53. The summed E-state index contributed by atoms with van der Waals surface area (Å²) in [5.41, 5.74) is -1.49. The van der Waals surface area contributed by atoms with Crippen molar-refractivity contribution in [1.82, 2.24) is 4.90 Å². The Balaban J connectivity index is 2.00. The van der Waals surface area contributed by atoms with Gasteiger partial charge in [-0.2, -0.15) is 0 Å². The van der Waals surface area contributed by atoms with Crippen molar-refractivity contribution < 1.29 is 72.4 Å². The molecule has 3 aliphatic rings. The van der Waals surface area contributed by atoms with Crippen LogP contribution in [0.1, 0.15) is 99.8 Å². The highest BCUT2D eigenvalue weighted by Crippen LogP contribution is 2.38. The Kier molecular flexibility index (Phi) is 19.9. The van der Waals surface area contributed by atoms with E-state index in [2.05, 4.69) is 0 Å². The Hall–Kier alpha value is -2.80. The van der Waals surface area contributed by atoms with Gasteiger partial charge in [-0.15, -0.1) is 0 Å². The van der Waals surface area contributed by atoms with E-state index in [0.717, 1.165) is 6.29 Å². The lowest BCUT2D eigenvalue weighted by Crippen LogP contribution is -2.66. The molecular formula is C42H69NO15. The Morgan fingerprint density at radius 1 is 0.983 bits per heavy atom. The second-order valence-electron chi connectivity index (χ2n) is 16.3. The molecule has 332 valence electrons. The van der Waals surface area contributed by atoms with Gasteiger partial charge in [0.05, 0.1) is 36.9 Å². The number of aliphatic hydroxyl groups is 3. The van der Waals surface area contributed by atoms with Gasteiger partial charge in [0.15, 0.2) is 18.7 Å². The standard InChI is InChI=1S/C42H69NO15/c1-11-16-32(47)56-40-27(6)53-34(23-42(40,7)50)57-37-26(5)54-41(36(49)35(37)43(8)9)58-38-28(19-20-44)21-24(3)29(45)18-15-13-14-17-25(4)52-33(48)22-30(39(38)51-10)55-31(46)12-2/h13-15,18,20,24-30,34-41,45,49-50H,11-12,16-17,19,21-23H2,1-10H3/b14-13+,18-15+. The molecule has 16 nitrogen and oxygen atoms in total. The number of allylic oxidation sites excluding steroid dienone is 2. The second kappa shape index (κ2) is 23.3. The van der Waals surface area contributed by atoms with Gasteiger partial charge in [-0.05, 0) is 66.5 Å². The van der Waals surface area contributed by atoms with E-state index in [0.29, 0.717) is 12.8 Å². The number of hydrogen-bond acceptors (Lipinski definition) is 16. The van der Waals surface area contributed by atoms with E-state index in [-0.39, 0.29) is 32.1 Å². The first-order chi connectivity index (χ1) is 27.4. The molecule has 16 unspecified atom stereocenters. The molecule has 58 heavy (non-hydrogen) atoms. The van der Waals surface area contributed by atoms with Crippen LogP contribution >= 0.6 is 0 Å². The molecule has 3 heterocycles. The molecule has 0 bridgehead atoms. The molecule has 3 N–H and O–H groups in total. The number of rotatable bonds is 13. The zero-order valence-electron chi connectivity index (χ0n) is 35.9. The molecule has 0 aliphatic carbocycles. The molecule has 3 rings (SSSR count). The summed E-state index contributed by atoms with van der Waals surface area (Å²) in [7, 11) is 4.87. The molecule has 0 aromatic carbocycles. The molecule has 0 aromatic rings. The lowest BCUT2D eigenvalue weighted by Gasteiger charge is -2.50. The maximum Gasteiger partial charge on any atom is 0.309 e. The van der Waals surface area contributed by atoms with Crippen molar-refractivity contribution in [3.05, 3.63) is 24.3 Å². The first kappa shape index (κ1) is 49.6. The molecule has 0 spiro atoms. The molecule has 0 radical (unpaired) electrons. The fraction of sp³-hybridized carbons (Fsp3) is 0.810. The number of cyclic esters (lactones) is 1. The van der Waals surface area contributed by atoms with Crippen LogP contribution in [-0.4, -0.2) is 151 Å². The van der Waals surface area contributed by atoms with Crippen LogP contribution in [-0.2, 0) is 57.1 Å². The van der Waals surface area contributed by atoms with Gasteiger partial charge >= 0.3 is 17.9 Å². The fourth-order valence-corrected chi connectivity index (χ4v) is 8.00. The van der Waals surface area contributed by atoms with Crippen LogP contribution in [0.2, 0.25) is 0 Å². The van der Waals surface area contributed by atoms with Crippen molar-refractivity contribution in [3.8, 4) is 0 Å². The summed E-state index contributed by atoms with van der Waals surface area (Å²) in [4.78, 5) is 52.5. The van der Waals surface area contributed by atoms with E-state index >= 15 is 0 Å². The first-order valence-electron chi connectivity index (χ1n) is 20.6. The smallest absolute Gasteiger partial charge is 0.309 e. The van der Waals surface area contributed by atoms with Crippen molar-refractivity contribution in [3.63, 3.8) is 0 Å². The summed E-state index contributed by atoms with van der Waals surface area (Å²) in [5.74, 6) is -2.79. The van der Waals surface area contributed by atoms with Crippen molar-refractivity contribution in [2.75, 3.05) is 21.2 Å². The number of nitrogens with zero attached hydrogens (tertiary/aromatic N) is 1. The van der Waals surface area contributed by atoms with Crippen LogP contribution in [0, 0.1) is 11.8 Å². The molecule has 0 saturated carbocycles. The minimum absolute atomic E-state index is 0.000517. The SMILES string of the molecule is CCCC(=O)OC1C(C)OC(OC2C(C)OC(OC3C(CC=O)CC(C)C(O)/C=C/C=C/CC(C)OC(=O)CC(OC(=O)CC)C3OC)C(O)C2N(C)C)CC1(C)O. The minimum atomic E-state index is -1.49. The van der Waals surface area contributed by atoms with E-state index < -0.39 is 121 Å². The molecule has 0 aromatic heterocycles. The topological polar surface area (TPSA) is 206 Å². The third-order valence-electron chi connectivity index (χ3n) is 11.1. The average molecular weight is 828 g/mol.